The van der Waals surface area contributed by atoms with Crippen LogP contribution >= 0.6 is 7.82 Å². The largest absolute Gasteiger partial charge is 0.527 e. The third kappa shape index (κ3) is 11.7. The Morgan fingerprint density at radius 2 is 1.58 bits per heavy atom. The van der Waals surface area contributed by atoms with Crippen LogP contribution in [-0.2, 0) is 9.09 Å². The van der Waals surface area contributed by atoms with E-state index in [1.807, 2.05) is 6.07 Å². The van der Waals surface area contributed by atoms with Crippen molar-refractivity contribution in [3.8, 4) is 5.75 Å². The molecule has 1 aromatic rings. The highest BCUT2D eigenvalue weighted by atomic mass is 31.2. The molecule has 0 bridgehead atoms. The van der Waals surface area contributed by atoms with Crippen LogP contribution in [0, 0.1) is 0 Å². The van der Waals surface area contributed by atoms with Crippen LogP contribution in [0.4, 0.5) is 0 Å². The van der Waals surface area contributed by atoms with Gasteiger partial charge in [0.15, 0.2) is 0 Å². The fourth-order valence-electron chi connectivity index (χ4n) is 2.94. The van der Waals surface area contributed by atoms with Gasteiger partial charge in [0, 0.05) is 0 Å². The van der Waals surface area contributed by atoms with Gasteiger partial charge >= 0.3 is 7.82 Å². The molecule has 6 heteroatoms. The van der Waals surface area contributed by atoms with Gasteiger partial charge in [0.25, 0.3) is 0 Å². The second kappa shape index (κ2) is 11.8. The molecular formula is C20H37NO4P+. The molecule has 0 heterocycles. The topological polar surface area (TPSA) is 55.8 Å². The monoisotopic (exact) mass is 386 g/mol. The summed E-state index contributed by atoms with van der Waals surface area (Å²) in [4.78, 5) is 10.1. The maximum atomic E-state index is 12.4. The zero-order valence-corrected chi connectivity index (χ0v) is 17.8. The summed E-state index contributed by atoms with van der Waals surface area (Å²) in [5.41, 5.74) is 0. The maximum Gasteiger partial charge on any atom is 0.527 e. The van der Waals surface area contributed by atoms with Gasteiger partial charge in [-0.15, -0.1) is 0 Å². The molecule has 5 nitrogen and oxygen atoms in total. The molecule has 0 radical (unpaired) electrons. The molecule has 0 spiro atoms. The summed E-state index contributed by atoms with van der Waals surface area (Å²) < 4.78 is 23.8. The Morgan fingerprint density at radius 3 is 2.15 bits per heavy atom. The van der Waals surface area contributed by atoms with E-state index in [1.54, 1.807) is 24.3 Å². The number of unbranched alkanes of at least 4 members (excludes halogenated alkanes) is 6. The number of rotatable bonds is 14. The Bertz CT molecular complexity index is 530. The van der Waals surface area contributed by atoms with E-state index in [0.717, 1.165) is 19.3 Å². The first-order valence-corrected chi connectivity index (χ1v) is 11.3. The van der Waals surface area contributed by atoms with Crippen LogP contribution in [0.1, 0.15) is 58.3 Å². The van der Waals surface area contributed by atoms with Crippen LogP contribution in [0.15, 0.2) is 30.3 Å². The van der Waals surface area contributed by atoms with Gasteiger partial charge in [0.05, 0.1) is 21.1 Å². The lowest BCUT2D eigenvalue weighted by molar-refractivity contribution is -0.873. The fourth-order valence-corrected chi connectivity index (χ4v) is 3.92. The fraction of sp³-hybridized carbons (Fsp3) is 0.700. The zero-order chi connectivity index (χ0) is 19.5. The first-order chi connectivity index (χ1) is 12.2. The summed E-state index contributed by atoms with van der Waals surface area (Å²) in [6, 6.07) is 8.65. The van der Waals surface area contributed by atoms with Crippen molar-refractivity contribution in [2.24, 2.45) is 0 Å². The lowest BCUT2D eigenvalue weighted by Gasteiger charge is -2.30. The predicted molar refractivity (Wildman–Crippen MR) is 107 cm³/mol. The molecule has 2 atom stereocenters. The summed E-state index contributed by atoms with van der Waals surface area (Å²) in [6.45, 7) is 2.88. The molecule has 1 aromatic carbocycles. The average Bonchev–Trinajstić information content (AvgIpc) is 2.52. The van der Waals surface area contributed by atoms with Crippen molar-refractivity contribution >= 4 is 7.82 Å². The number of phosphoric acid groups is 1. The molecule has 0 fully saturated rings. The van der Waals surface area contributed by atoms with E-state index in [-0.39, 0.29) is 6.10 Å². The Labute approximate surface area is 159 Å². The minimum atomic E-state index is -4.14. The highest BCUT2D eigenvalue weighted by Crippen LogP contribution is 2.45. The number of benzene rings is 1. The molecular weight excluding hydrogens is 349 g/mol. The molecule has 0 aromatic heterocycles. The van der Waals surface area contributed by atoms with E-state index in [1.165, 1.54) is 32.1 Å². The molecule has 26 heavy (non-hydrogen) atoms. The number of para-hydroxylation sites is 1. The SMILES string of the molecule is CCCCCCCCCC(C[N+](C)(C)C)OP(=O)(O)Oc1ccccc1. The standard InChI is InChI=1S/C20H36NO4P/c1-5-6-7-8-9-10-12-17-20(18-21(2,3)4)25-26(22,23)24-19-15-13-11-14-16-19/h11,13-16,20H,5-10,12,17-18H2,1-4H3/p+1. The summed E-state index contributed by atoms with van der Waals surface area (Å²) >= 11 is 0. The quantitative estimate of drug-likeness (QED) is 0.264. The third-order valence-corrected chi connectivity index (χ3v) is 5.13. The third-order valence-electron chi connectivity index (χ3n) is 4.13. The number of nitrogens with zero attached hydrogens (tertiary/aromatic N) is 1. The minimum absolute atomic E-state index is 0.301. The van der Waals surface area contributed by atoms with Gasteiger partial charge in [-0.25, -0.2) is 4.57 Å². The summed E-state index contributed by atoms with van der Waals surface area (Å²) in [6.07, 6.45) is 8.95. The van der Waals surface area contributed by atoms with E-state index in [4.69, 9.17) is 9.05 Å². The van der Waals surface area contributed by atoms with E-state index in [0.29, 0.717) is 16.8 Å². The second-order valence-electron chi connectivity index (χ2n) is 7.98. The Balaban J connectivity index is 2.50. The van der Waals surface area contributed by atoms with Crippen LogP contribution in [0.25, 0.3) is 0 Å². The Kier molecular flexibility index (Phi) is 10.5. The zero-order valence-electron chi connectivity index (χ0n) is 16.9. The van der Waals surface area contributed by atoms with Crippen molar-refractivity contribution in [2.75, 3.05) is 27.7 Å². The van der Waals surface area contributed by atoms with Gasteiger partial charge in [0.2, 0.25) is 0 Å². The molecule has 0 amide bonds. The van der Waals surface area contributed by atoms with Crippen molar-refractivity contribution in [3.63, 3.8) is 0 Å². The first-order valence-electron chi connectivity index (χ1n) is 9.78. The molecule has 1 rings (SSSR count). The number of quaternary nitrogens is 1. The van der Waals surface area contributed by atoms with E-state index in [2.05, 4.69) is 28.1 Å². The highest BCUT2D eigenvalue weighted by molar-refractivity contribution is 7.47. The first kappa shape index (κ1) is 23.2. The second-order valence-corrected chi connectivity index (χ2v) is 9.31. The van der Waals surface area contributed by atoms with E-state index >= 15 is 0 Å². The lowest BCUT2D eigenvalue weighted by atomic mass is 10.1. The Morgan fingerprint density at radius 1 is 1.00 bits per heavy atom. The van der Waals surface area contributed by atoms with Gasteiger partial charge in [-0.3, -0.25) is 9.42 Å². The van der Waals surface area contributed by atoms with Crippen LogP contribution in [0.2, 0.25) is 0 Å². The number of phosphoric ester groups is 1. The van der Waals surface area contributed by atoms with Gasteiger partial charge in [-0.2, -0.15) is 0 Å². The van der Waals surface area contributed by atoms with Crippen LogP contribution in [-0.4, -0.2) is 43.2 Å². The van der Waals surface area contributed by atoms with Crippen molar-refractivity contribution in [2.45, 2.75) is 64.4 Å². The van der Waals surface area contributed by atoms with E-state index < -0.39 is 7.82 Å². The van der Waals surface area contributed by atoms with Crippen molar-refractivity contribution in [3.05, 3.63) is 30.3 Å². The van der Waals surface area contributed by atoms with E-state index in [9.17, 15) is 9.46 Å². The Hall–Kier alpha value is -0.870. The number of hydrogen-bond donors (Lipinski definition) is 1. The summed E-state index contributed by atoms with van der Waals surface area (Å²) in [5.74, 6) is 0.346. The maximum absolute atomic E-state index is 12.4. The molecule has 0 aliphatic heterocycles. The lowest BCUT2D eigenvalue weighted by Crippen LogP contribution is -2.42. The van der Waals surface area contributed by atoms with Crippen molar-refractivity contribution < 1.29 is 23.0 Å². The van der Waals surface area contributed by atoms with Crippen molar-refractivity contribution in [1.29, 1.82) is 0 Å². The van der Waals surface area contributed by atoms with Crippen molar-refractivity contribution in [1.82, 2.24) is 0 Å². The minimum Gasteiger partial charge on any atom is -0.404 e. The summed E-state index contributed by atoms with van der Waals surface area (Å²) in [7, 11) is 2.03. The molecule has 0 aliphatic rings. The smallest absolute Gasteiger partial charge is 0.404 e. The molecule has 0 saturated heterocycles. The average molecular weight is 386 g/mol. The van der Waals surface area contributed by atoms with Gasteiger partial charge in [-0.1, -0.05) is 70.1 Å². The molecule has 0 saturated carbocycles. The summed E-state index contributed by atoms with van der Waals surface area (Å²) in [5, 5.41) is 0. The molecule has 150 valence electrons. The van der Waals surface area contributed by atoms with Gasteiger partial charge in [0.1, 0.15) is 18.4 Å². The van der Waals surface area contributed by atoms with Crippen LogP contribution in [0.5, 0.6) is 5.75 Å². The number of hydrogen-bond acceptors (Lipinski definition) is 3. The van der Waals surface area contributed by atoms with Crippen LogP contribution < -0.4 is 4.52 Å². The molecule has 1 N–H and O–H groups in total. The van der Waals surface area contributed by atoms with Gasteiger partial charge < -0.3 is 9.01 Å². The molecule has 0 aliphatic carbocycles. The van der Waals surface area contributed by atoms with Gasteiger partial charge in [-0.05, 0) is 18.6 Å². The highest BCUT2D eigenvalue weighted by Gasteiger charge is 2.31. The number of likely N-dealkylation sites (N-methyl/N-ethyl adjacent to an activating group) is 1. The normalized spacial score (nSPS) is 15.4. The predicted octanol–water partition coefficient (Wildman–Crippen LogP) is 5.40. The van der Waals surface area contributed by atoms with Crippen LogP contribution in [0.3, 0.4) is 0 Å². The molecule has 2 unspecified atom stereocenters.